The molecule has 1 aliphatic rings. The Morgan fingerprint density at radius 1 is 1.25 bits per heavy atom. The third-order valence-corrected chi connectivity index (χ3v) is 4.54. The molecule has 1 aliphatic heterocycles. The second-order valence-electron chi connectivity index (χ2n) is 6.59. The van der Waals surface area contributed by atoms with E-state index in [0.29, 0.717) is 0 Å². The average Bonchev–Trinajstić information content (AvgIpc) is 2.97. The Morgan fingerprint density at radius 2 is 2.00 bits per heavy atom. The molecule has 0 saturated carbocycles. The summed E-state index contributed by atoms with van der Waals surface area (Å²) in [5.74, 6) is 1.19. The van der Waals surface area contributed by atoms with Crippen molar-refractivity contribution in [2.75, 3.05) is 18.0 Å². The minimum absolute atomic E-state index is 0.124. The predicted molar refractivity (Wildman–Crippen MR) is 85.7 cm³/mol. The van der Waals surface area contributed by atoms with Crippen molar-refractivity contribution in [2.45, 2.75) is 52.1 Å². The molecule has 0 spiro atoms. The lowest BCUT2D eigenvalue weighted by atomic mass is 10.1. The Kier molecular flexibility index (Phi) is 3.73. The second-order valence-corrected chi connectivity index (χ2v) is 7.46. The highest BCUT2D eigenvalue weighted by Gasteiger charge is 2.21. The van der Waals surface area contributed by atoms with Gasteiger partial charge < -0.3 is 10.2 Å². The Labute approximate surface area is 124 Å². The van der Waals surface area contributed by atoms with Gasteiger partial charge in [-0.15, -0.1) is 11.3 Å². The SMILES string of the molecule is CC(C)(C)NCc1c(N2CCCCC2)nc2sccn12. The zero-order chi connectivity index (χ0) is 14.2. The number of nitrogens with one attached hydrogen (secondary N) is 1. The number of piperidine rings is 1. The molecule has 2 aromatic rings. The van der Waals surface area contributed by atoms with Crippen LogP contribution in [0.2, 0.25) is 0 Å². The van der Waals surface area contributed by atoms with Crippen molar-refractivity contribution >= 4 is 22.1 Å². The van der Waals surface area contributed by atoms with Gasteiger partial charge in [-0.3, -0.25) is 4.40 Å². The van der Waals surface area contributed by atoms with Gasteiger partial charge in [0.1, 0.15) is 0 Å². The first-order valence-electron chi connectivity index (χ1n) is 7.49. The lowest BCUT2D eigenvalue weighted by Gasteiger charge is -2.28. The summed E-state index contributed by atoms with van der Waals surface area (Å²) >= 11 is 1.72. The van der Waals surface area contributed by atoms with E-state index in [1.165, 1.54) is 30.8 Å². The highest BCUT2D eigenvalue weighted by molar-refractivity contribution is 7.15. The molecule has 4 nitrogen and oxygen atoms in total. The van der Waals surface area contributed by atoms with E-state index < -0.39 is 0 Å². The molecule has 3 heterocycles. The van der Waals surface area contributed by atoms with Crippen LogP contribution in [-0.2, 0) is 6.54 Å². The largest absolute Gasteiger partial charge is 0.355 e. The first kappa shape index (κ1) is 13.9. The van der Waals surface area contributed by atoms with Crippen LogP contribution in [0.3, 0.4) is 0 Å². The molecule has 110 valence electrons. The number of rotatable bonds is 3. The van der Waals surface area contributed by atoms with Gasteiger partial charge in [0.15, 0.2) is 10.8 Å². The predicted octanol–water partition coefficient (Wildman–Crippen LogP) is 3.27. The Balaban J connectivity index is 1.91. The van der Waals surface area contributed by atoms with Gasteiger partial charge in [-0.05, 0) is 40.0 Å². The lowest BCUT2D eigenvalue weighted by Crippen LogP contribution is -2.36. The van der Waals surface area contributed by atoms with Crippen molar-refractivity contribution in [1.29, 1.82) is 0 Å². The molecular formula is C15H24N4S. The van der Waals surface area contributed by atoms with Crippen molar-refractivity contribution in [3.63, 3.8) is 0 Å². The maximum atomic E-state index is 4.86. The zero-order valence-electron chi connectivity index (χ0n) is 12.6. The fraction of sp³-hybridized carbons (Fsp3) is 0.667. The summed E-state index contributed by atoms with van der Waals surface area (Å²) in [4.78, 5) is 8.43. The Bertz CT molecular complexity index is 572. The van der Waals surface area contributed by atoms with Crippen LogP contribution in [0, 0.1) is 0 Å². The molecule has 0 unspecified atom stereocenters. The van der Waals surface area contributed by atoms with E-state index in [1.54, 1.807) is 11.3 Å². The van der Waals surface area contributed by atoms with Crippen LogP contribution in [0.15, 0.2) is 11.6 Å². The van der Waals surface area contributed by atoms with Crippen molar-refractivity contribution in [2.24, 2.45) is 0 Å². The van der Waals surface area contributed by atoms with E-state index in [1.807, 2.05) is 0 Å². The zero-order valence-corrected chi connectivity index (χ0v) is 13.5. The molecule has 0 amide bonds. The molecule has 20 heavy (non-hydrogen) atoms. The first-order valence-corrected chi connectivity index (χ1v) is 8.37. The third kappa shape index (κ3) is 2.83. The lowest BCUT2D eigenvalue weighted by molar-refractivity contribution is 0.420. The molecule has 1 saturated heterocycles. The maximum Gasteiger partial charge on any atom is 0.195 e. The molecule has 0 aliphatic carbocycles. The number of fused-ring (bicyclic) bond motifs is 1. The number of hydrogen-bond acceptors (Lipinski definition) is 4. The van der Waals surface area contributed by atoms with Crippen LogP contribution >= 0.6 is 11.3 Å². The van der Waals surface area contributed by atoms with Gasteiger partial charge in [0.2, 0.25) is 0 Å². The summed E-state index contributed by atoms with van der Waals surface area (Å²) in [6.07, 6.45) is 6.07. The number of imidazole rings is 1. The van der Waals surface area contributed by atoms with Gasteiger partial charge in [0.25, 0.3) is 0 Å². The van der Waals surface area contributed by atoms with Gasteiger partial charge in [0.05, 0.1) is 5.69 Å². The van der Waals surface area contributed by atoms with Crippen LogP contribution in [0.25, 0.3) is 4.96 Å². The topological polar surface area (TPSA) is 32.6 Å². The highest BCUT2D eigenvalue weighted by atomic mass is 32.1. The second kappa shape index (κ2) is 5.37. The molecule has 0 radical (unpaired) electrons. The monoisotopic (exact) mass is 292 g/mol. The fourth-order valence-electron chi connectivity index (χ4n) is 2.69. The minimum atomic E-state index is 0.124. The number of aromatic nitrogens is 2. The Hall–Kier alpha value is -1.07. The van der Waals surface area contributed by atoms with Crippen molar-refractivity contribution in [3.05, 3.63) is 17.3 Å². The number of hydrogen-bond donors (Lipinski definition) is 1. The Morgan fingerprint density at radius 3 is 2.70 bits per heavy atom. The highest BCUT2D eigenvalue weighted by Crippen LogP contribution is 2.27. The van der Waals surface area contributed by atoms with E-state index >= 15 is 0 Å². The van der Waals surface area contributed by atoms with Crippen LogP contribution < -0.4 is 10.2 Å². The van der Waals surface area contributed by atoms with E-state index in [9.17, 15) is 0 Å². The van der Waals surface area contributed by atoms with Crippen molar-refractivity contribution < 1.29 is 0 Å². The molecule has 2 aromatic heterocycles. The van der Waals surface area contributed by atoms with E-state index in [4.69, 9.17) is 4.98 Å². The smallest absolute Gasteiger partial charge is 0.195 e. The summed E-state index contributed by atoms with van der Waals surface area (Å²) < 4.78 is 2.24. The quantitative estimate of drug-likeness (QED) is 0.942. The molecule has 0 aromatic carbocycles. The molecule has 1 N–H and O–H groups in total. The summed E-state index contributed by atoms with van der Waals surface area (Å²) in [6.45, 7) is 9.78. The summed E-state index contributed by atoms with van der Waals surface area (Å²) in [7, 11) is 0. The first-order chi connectivity index (χ1) is 9.54. The summed E-state index contributed by atoms with van der Waals surface area (Å²) in [5.41, 5.74) is 1.43. The molecule has 3 rings (SSSR count). The van der Waals surface area contributed by atoms with E-state index in [0.717, 1.165) is 24.6 Å². The van der Waals surface area contributed by atoms with E-state index in [-0.39, 0.29) is 5.54 Å². The molecular weight excluding hydrogens is 268 g/mol. The van der Waals surface area contributed by atoms with Crippen LogP contribution in [0.4, 0.5) is 5.82 Å². The van der Waals surface area contributed by atoms with Crippen LogP contribution in [-0.4, -0.2) is 28.0 Å². The van der Waals surface area contributed by atoms with Crippen LogP contribution in [0.5, 0.6) is 0 Å². The van der Waals surface area contributed by atoms with Gasteiger partial charge in [-0.25, -0.2) is 4.98 Å². The fourth-order valence-corrected chi connectivity index (χ4v) is 3.42. The summed E-state index contributed by atoms with van der Waals surface area (Å²) in [5, 5.41) is 5.72. The normalized spacial score (nSPS) is 17.1. The molecule has 0 bridgehead atoms. The minimum Gasteiger partial charge on any atom is -0.355 e. The van der Waals surface area contributed by atoms with Crippen LogP contribution in [0.1, 0.15) is 45.7 Å². The van der Waals surface area contributed by atoms with Gasteiger partial charge in [-0.1, -0.05) is 0 Å². The average molecular weight is 292 g/mol. The summed E-state index contributed by atoms with van der Waals surface area (Å²) in [6, 6.07) is 0. The molecule has 0 atom stereocenters. The molecule has 5 heteroatoms. The molecule has 1 fully saturated rings. The van der Waals surface area contributed by atoms with Crippen molar-refractivity contribution in [1.82, 2.24) is 14.7 Å². The van der Waals surface area contributed by atoms with Crippen molar-refractivity contribution in [3.8, 4) is 0 Å². The number of thiazole rings is 1. The van der Waals surface area contributed by atoms with Gasteiger partial charge in [0, 0.05) is 36.8 Å². The van der Waals surface area contributed by atoms with E-state index in [2.05, 4.69) is 47.0 Å². The maximum absolute atomic E-state index is 4.86. The third-order valence-electron chi connectivity index (χ3n) is 3.78. The standard InChI is InChI=1S/C15H24N4S/c1-15(2,3)16-11-12-13(18-7-5-4-6-8-18)17-14-19(12)9-10-20-14/h9-10,16H,4-8,11H2,1-3H3. The number of nitrogens with zero attached hydrogens (tertiary/aromatic N) is 3. The van der Waals surface area contributed by atoms with Gasteiger partial charge in [-0.2, -0.15) is 0 Å². The number of anilines is 1. The van der Waals surface area contributed by atoms with Gasteiger partial charge >= 0.3 is 0 Å².